The van der Waals surface area contributed by atoms with Crippen LogP contribution < -0.4 is 14.8 Å². The molecule has 0 bridgehead atoms. The maximum Gasteiger partial charge on any atom is 0.342 e. The molecule has 1 heterocycles. The maximum atomic E-state index is 12.5. The Morgan fingerprint density at radius 1 is 1.17 bits per heavy atom. The quantitative estimate of drug-likeness (QED) is 0.704. The molecule has 1 aliphatic heterocycles. The van der Waals surface area contributed by atoms with Gasteiger partial charge in [0, 0.05) is 17.1 Å². The van der Waals surface area contributed by atoms with Gasteiger partial charge in [0.1, 0.15) is 5.75 Å². The van der Waals surface area contributed by atoms with Crippen LogP contribution in [0.15, 0.2) is 64.2 Å². The van der Waals surface area contributed by atoms with Gasteiger partial charge in [-0.15, -0.1) is 4.40 Å². The summed E-state index contributed by atoms with van der Waals surface area (Å²) in [5, 5.41) is 3.27. The Balaban J connectivity index is 1.70. The molecule has 0 aliphatic carbocycles. The van der Waals surface area contributed by atoms with E-state index in [1.165, 1.54) is 0 Å². The number of carbonyl (C=O) groups excluding carboxylic acids is 1. The van der Waals surface area contributed by atoms with Crippen LogP contribution in [0, 0.1) is 0 Å². The molecule has 0 fully saturated rings. The second-order valence-electron chi connectivity index (χ2n) is 6.46. The lowest BCUT2D eigenvalue weighted by atomic mass is 10.0. The van der Waals surface area contributed by atoms with Crippen LogP contribution in [0.3, 0.4) is 0 Å². The fourth-order valence-corrected chi connectivity index (χ4v) is 4.11. The molecule has 3 rings (SSSR count). The Morgan fingerprint density at radius 2 is 1.90 bits per heavy atom. The molecule has 7 nitrogen and oxygen atoms in total. The average molecular weight is 434 g/mol. The summed E-state index contributed by atoms with van der Waals surface area (Å²) in [5.41, 5.74) is 2.00. The standard InChI is InChI=1S/C20H20ClN3O4S/c1-13-17(14(2)24-29(26,27)23-13)9-11-20(25)22-18-12-15(21)8-10-19(18)28-16-6-4-3-5-7-16/h3-8,10,12,23H,9,11H2,1-2H3,(H,22,25). The molecule has 0 unspecified atom stereocenters. The normalized spacial score (nSPS) is 15.3. The lowest BCUT2D eigenvalue weighted by Gasteiger charge is -2.18. The largest absolute Gasteiger partial charge is 0.455 e. The molecule has 29 heavy (non-hydrogen) atoms. The predicted octanol–water partition coefficient (Wildman–Crippen LogP) is 4.43. The molecule has 0 aromatic heterocycles. The van der Waals surface area contributed by atoms with E-state index in [1.807, 2.05) is 30.3 Å². The van der Waals surface area contributed by atoms with Crippen LogP contribution in [-0.2, 0) is 15.0 Å². The summed E-state index contributed by atoms with van der Waals surface area (Å²) in [7, 11) is -3.69. The number of halogens is 1. The van der Waals surface area contributed by atoms with E-state index in [1.54, 1.807) is 32.0 Å². The van der Waals surface area contributed by atoms with Crippen molar-refractivity contribution in [3.05, 3.63) is 64.8 Å². The van der Waals surface area contributed by atoms with Crippen molar-refractivity contribution >= 4 is 39.1 Å². The van der Waals surface area contributed by atoms with Crippen LogP contribution in [0.25, 0.3) is 0 Å². The second kappa shape index (κ2) is 8.67. The highest BCUT2D eigenvalue weighted by Gasteiger charge is 2.21. The number of amides is 1. The zero-order valence-electron chi connectivity index (χ0n) is 15.9. The second-order valence-corrected chi connectivity index (χ2v) is 8.23. The number of benzene rings is 2. The number of para-hydroxylation sites is 1. The highest BCUT2D eigenvalue weighted by atomic mass is 35.5. The topological polar surface area (TPSA) is 96.9 Å². The van der Waals surface area contributed by atoms with Gasteiger partial charge in [-0.2, -0.15) is 8.42 Å². The highest BCUT2D eigenvalue weighted by molar-refractivity contribution is 7.88. The number of ether oxygens (including phenoxy) is 1. The molecule has 152 valence electrons. The van der Waals surface area contributed by atoms with E-state index in [0.717, 1.165) is 0 Å². The first-order chi connectivity index (χ1) is 13.7. The average Bonchev–Trinajstić information content (AvgIpc) is 2.63. The van der Waals surface area contributed by atoms with Crippen molar-refractivity contribution < 1.29 is 17.9 Å². The molecule has 2 aromatic rings. The zero-order valence-corrected chi connectivity index (χ0v) is 17.5. The number of nitrogens with one attached hydrogen (secondary N) is 2. The summed E-state index contributed by atoms with van der Waals surface area (Å²) in [5.74, 6) is 0.839. The SMILES string of the molecule is CC1=NS(=O)(=O)NC(C)=C1CCC(=O)Nc1cc(Cl)ccc1Oc1ccccc1. The molecule has 0 saturated heterocycles. The number of hydrogen-bond acceptors (Lipinski definition) is 4. The van der Waals surface area contributed by atoms with Gasteiger partial charge in [0.05, 0.1) is 11.4 Å². The van der Waals surface area contributed by atoms with Crippen molar-refractivity contribution in [2.24, 2.45) is 4.40 Å². The van der Waals surface area contributed by atoms with E-state index < -0.39 is 10.2 Å². The number of nitrogens with zero attached hydrogens (tertiary/aromatic N) is 1. The van der Waals surface area contributed by atoms with Gasteiger partial charge in [0.2, 0.25) is 5.91 Å². The molecular formula is C20H20ClN3O4S. The van der Waals surface area contributed by atoms with E-state index in [-0.39, 0.29) is 12.3 Å². The number of rotatable bonds is 6. The van der Waals surface area contributed by atoms with E-state index in [4.69, 9.17) is 16.3 Å². The van der Waals surface area contributed by atoms with Gasteiger partial charge in [-0.3, -0.25) is 9.52 Å². The molecule has 0 radical (unpaired) electrons. The number of hydrogen-bond donors (Lipinski definition) is 2. The lowest BCUT2D eigenvalue weighted by Crippen LogP contribution is -2.28. The van der Waals surface area contributed by atoms with Gasteiger partial charge < -0.3 is 10.1 Å². The fourth-order valence-electron chi connectivity index (χ4n) is 2.91. The summed E-state index contributed by atoms with van der Waals surface area (Å²) in [6.07, 6.45) is 0.476. The van der Waals surface area contributed by atoms with Gasteiger partial charge >= 0.3 is 10.2 Å². The summed E-state index contributed by atoms with van der Waals surface area (Å²) >= 11 is 6.07. The van der Waals surface area contributed by atoms with Gasteiger partial charge in [-0.25, -0.2) is 0 Å². The van der Waals surface area contributed by atoms with Crippen LogP contribution in [0.2, 0.25) is 5.02 Å². The van der Waals surface area contributed by atoms with Crippen LogP contribution in [0.5, 0.6) is 11.5 Å². The number of carbonyl (C=O) groups is 1. The van der Waals surface area contributed by atoms with Gasteiger partial charge in [-0.1, -0.05) is 29.8 Å². The molecule has 0 saturated carbocycles. The van der Waals surface area contributed by atoms with Crippen molar-refractivity contribution in [2.75, 3.05) is 5.32 Å². The summed E-state index contributed by atoms with van der Waals surface area (Å²) in [4.78, 5) is 12.5. The summed E-state index contributed by atoms with van der Waals surface area (Å²) < 4.78 is 35.0. The summed E-state index contributed by atoms with van der Waals surface area (Å²) in [6.45, 7) is 3.25. The molecule has 0 spiro atoms. The van der Waals surface area contributed by atoms with Crippen LogP contribution in [0.4, 0.5) is 5.69 Å². The highest BCUT2D eigenvalue weighted by Crippen LogP contribution is 2.32. The third kappa shape index (κ3) is 5.58. The van der Waals surface area contributed by atoms with E-state index >= 15 is 0 Å². The lowest BCUT2D eigenvalue weighted by molar-refractivity contribution is -0.116. The molecule has 9 heteroatoms. The first-order valence-electron chi connectivity index (χ1n) is 8.85. The Bertz CT molecular complexity index is 1100. The Hall–Kier alpha value is -2.84. The van der Waals surface area contributed by atoms with Gasteiger partial charge in [0.15, 0.2) is 5.75 Å². The fraction of sp³-hybridized carbons (Fsp3) is 0.200. The first kappa shape index (κ1) is 20.9. The van der Waals surface area contributed by atoms with Crippen molar-refractivity contribution in [3.8, 4) is 11.5 Å². The molecule has 1 amide bonds. The van der Waals surface area contributed by atoms with E-state index in [9.17, 15) is 13.2 Å². The third-order valence-electron chi connectivity index (χ3n) is 4.22. The maximum absolute atomic E-state index is 12.5. The number of allylic oxidation sites excluding steroid dienone is 2. The molecule has 2 aromatic carbocycles. The first-order valence-corrected chi connectivity index (χ1v) is 10.7. The molecular weight excluding hydrogens is 414 g/mol. The van der Waals surface area contributed by atoms with Crippen LogP contribution >= 0.6 is 11.6 Å². The summed E-state index contributed by atoms with van der Waals surface area (Å²) in [6, 6.07) is 14.2. The monoisotopic (exact) mass is 433 g/mol. The Labute approximate surface area is 174 Å². The zero-order chi connectivity index (χ0) is 21.0. The van der Waals surface area contributed by atoms with Gasteiger partial charge in [0.25, 0.3) is 0 Å². The van der Waals surface area contributed by atoms with E-state index in [2.05, 4.69) is 14.4 Å². The van der Waals surface area contributed by atoms with Crippen LogP contribution in [0.1, 0.15) is 26.7 Å². The Kier molecular flexibility index (Phi) is 6.24. The van der Waals surface area contributed by atoms with Crippen molar-refractivity contribution in [1.29, 1.82) is 0 Å². The Morgan fingerprint density at radius 3 is 2.59 bits per heavy atom. The number of anilines is 1. The predicted molar refractivity (Wildman–Crippen MR) is 114 cm³/mol. The minimum absolute atomic E-state index is 0.137. The smallest absolute Gasteiger partial charge is 0.342 e. The molecule has 2 N–H and O–H groups in total. The minimum atomic E-state index is -3.69. The van der Waals surface area contributed by atoms with Crippen molar-refractivity contribution in [2.45, 2.75) is 26.7 Å². The minimum Gasteiger partial charge on any atom is -0.455 e. The third-order valence-corrected chi connectivity index (χ3v) is 5.53. The van der Waals surface area contributed by atoms with Crippen LogP contribution in [-0.4, -0.2) is 20.0 Å². The molecule has 0 atom stereocenters. The van der Waals surface area contributed by atoms with Gasteiger partial charge in [-0.05, 0) is 56.2 Å². The van der Waals surface area contributed by atoms with Crippen molar-refractivity contribution in [1.82, 2.24) is 4.72 Å². The van der Waals surface area contributed by atoms with E-state index in [0.29, 0.717) is 45.6 Å². The molecule has 1 aliphatic rings. The van der Waals surface area contributed by atoms with Crippen molar-refractivity contribution in [3.63, 3.8) is 0 Å².